The van der Waals surface area contributed by atoms with E-state index in [1.165, 1.54) is 11.8 Å². The molecule has 0 radical (unpaired) electrons. The van der Waals surface area contributed by atoms with Crippen molar-refractivity contribution in [1.29, 1.82) is 0 Å². The maximum Gasteiger partial charge on any atom is 0.277 e. The van der Waals surface area contributed by atoms with Crippen molar-refractivity contribution in [3.63, 3.8) is 0 Å². The number of thioether (sulfide) groups is 1. The summed E-state index contributed by atoms with van der Waals surface area (Å²) in [5.74, 6) is 1.22. The molecule has 0 atom stereocenters. The number of likely N-dealkylation sites (tertiary alicyclic amines) is 1. The van der Waals surface area contributed by atoms with Gasteiger partial charge in [0.25, 0.3) is 11.1 Å². The summed E-state index contributed by atoms with van der Waals surface area (Å²) < 4.78 is 11.2. The van der Waals surface area contributed by atoms with Gasteiger partial charge in [0.05, 0.1) is 5.75 Å². The molecule has 1 saturated heterocycles. The lowest BCUT2D eigenvalue weighted by Crippen LogP contribution is -2.42. The van der Waals surface area contributed by atoms with E-state index in [9.17, 15) is 9.59 Å². The Morgan fingerprint density at radius 3 is 2.67 bits per heavy atom. The summed E-state index contributed by atoms with van der Waals surface area (Å²) in [6.45, 7) is 3.29. The zero-order valence-electron chi connectivity index (χ0n) is 18.4. The molecule has 0 bridgehead atoms. The topological polar surface area (TPSA) is 97.6 Å². The van der Waals surface area contributed by atoms with Gasteiger partial charge in [-0.3, -0.25) is 9.59 Å². The molecule has 1 aliphatic heterocycles. The highest BCUT2D eigenvalue weighted by Gasteiger charge is 2.27. The van der Waals surface area contributed by atoms with Gasteiger partial charge in [-0.2, -0.15) is 0 Å². The highest BCUT2D eigenvalue weighted by molar-refractivity contribution is 7.99. The molecule has 33 heavy (non-hydrogen) atoms. The molecule has 1 aliphatic rings. The SMILES string of the molecule is Cc1cccc(OCc2nnc(SCC(=O)N3CCC(C(=O)Nc4ccccc4)CC3)o2)c1. The van der Waals surface area contributed by atoms with Crippen LogP contribution in [0, 0.1) is 12.8 Å². The summed E-state index contributed by atoms with van der Waals surface area (Å²) in [5.41, 5.74) is 1.90. The summed E-state index contributed by atoms with van der Waals surface area (Å²) in [4.78, 5) is 26.8. The van der Waals surface area contributed by atoms with Gasteiger partial charge in [0.1, 0.15) is 5.75 Å². The minimum absolute atomic E-state index is 0.00215. The minimum atomic E-state index is -0.0891. The average molecular weight is 467 g/mol. The first-order valence-corrected chi connectivity index (χ1v) is 11.8. The Morgan fingerprint density at radius 2 is 1.91 bits per heavy atom. The van der Waals surface area contributed by atoms with Crippen LogP contribution in [-0.4, -0.2) is 45.8 Å². The molecule has 0 unspecified atom stereocenters. The molecule has 2 heterocycles. The molecule has 0 saturated carbocycles. The number of aromatic nitrogens is 2. The number of nitrogens with zero attached hydrogens (tertiary/aromatic N) is 3. The van der Waals surface area contributed by atoms with Crippen molar-refractivity contribution >= 4 is 29.3 Å². The van der Waals surface area contributed by atoms with Crippen molar-refractivity contribution < 1.29 is 18.7 Å². The maximum atomic E-state index is 12.6. The third-order valence-corrected chi connectivity index (χ3v) is 6.18. The van der Waals surface area contributed by atoms with E-state index in [0.29, 0.717) is 37.0 Å². The van der Waals surface area contributed by atoms with Gasteiger partial charge >= 0.3 is 0 Å². The van der Waals surface area contributed by atoms with Gasteiger partial charge in [0.2, 0.25) is 11.8 Å². The molecular weight excluding hydrogens is 440 g/mol. The number of hydrogen-bond donors (Lipinski definition) is 1. The number of nitrogens with one attached hydrogen (secondary N) is 1. The first-order chi connectivity index (χ1) is 16.1. The van der Waals surface area contributed by atoms with Crippen molar-refractivity contribution in [1.82, 2.24) is 15.1 Å². The summed E-state index contributed by atoms with van der Waals surface area (Å²) in [7, 11) is 0. The Hall–Kier alpha value is -3.33. The molecule has 1 N–H and O–H groups in total. The standard InChI is InChI=1S/C24H26N4O4S/c1-17-6-5-9-20(14-17)31-15-21-26-27-24(32-21)33-16-22(29)28-12-10-18(11-13-28)23(30)25-19-7-3-2-4-8-19/h2-9,14,18H,10-13,15-16H2,1H3,(H,25,30). The predicted octanol–water partition coefficient (Wildman–Crippen LogP) is 3.93. The first-order valence-electron chi connectivity index (χ1n) is 10.8. The minimum Gasteiger partial charge on any atom is -0.484 e. The maximum absolute atomic E-state index is 12.6. The molecule has 9 heteroatoms. The number of para-hydroxylation sites is 1. The van der Waals surface area contributed by atoms with Crippen molar-refractivity contribution in [2.75, 3.05) is 24.2 Å². The van der Waals surface area contributed by atoms with Crippen LogP contribution in [0.4, 0.5) is 5.69 Å². The number of carbonyl (C=O) groups is 2. The Morgan fingerprint density at radius 1 is 1.12 bits per heavy atom. The van der Waals surface area contributed by atoms with E-state index in [2.05, 4.69) is 15.5 Å². The molecule has 172 valence electrons. The highest BCUT2D eigenvalue weighted by Crippen LogP contribution is 2.22. The quantitative estimate of drug-likeness (QED) is 0.503. The van der Waals surface area contributed by atoms with E-state index < -0.39 is 0 Å². The van der Waals surface area contributed by atoms with Crippen molar-refractivity contribution in [3.8, 4) is 5.75 Å². The molecule has 2 aromatic carbocycles. The van der Waals surface area contributed by atoms with Gasteiger partial charge in [-0.25, -0.2) is 0 Å². The molecule has 1 aromatic heterocycles. The number of ether oxygens (including phenoxy) is 1. The lowest BCUT2D eigenvalue weighted by atomic mass is 9.96. The fraction of sp³-hybridized carbons (Fsp3) is 0.333. The van der Waals surface area contributed by atoms with Crippen LogP contribution in [0.5, 0.6) is 5.75 Å². The number of anilines is 1. The molecule has 4 rings (SSSR count). The number of amides is 2. The van der Waals surface area contributed by atoms with E-state index in [-0.39, 0.29) is 30.1 Å². The van der Waals surface area contributed by atoms with Crippen LogP contribution in [0.15, 0.2) is 64.2 Å². The Balaban J connectivity index is 1.18. The zero-order valence-corrected chi connectivity index (χ0v) is 19.2. The number of carbonyl (C=O) groups excluding carboxylic acids is 2. The van der Waals surface area contributed by atoms with Crippen LogP contribution in [-0.2, 0) is 16.2 Å². The second kappa shape index (κ2) is 11.0. The zero-order chi connectivity index (χ0) is 23.0. The van der Waals surface area contributed by atoms with Crippen LogP contribution in [0.3, 0.4) is 0 Å². The van der Waals surface area contributed by atoms with E-state index in [1.807, 2.05) is 61.5 Å². The normalized spacial score (nSPS) is 14.2. The molecule has 1 fully saturated rings. The Bertz CT molecular complexity index is 1080. The third-order valence-electron chi connectivity index (χ3n) is 5.38. The Labute approximate surface area is 196 Å². The van der Waals surface area contributed by atoms with Gasteiger partial charge in [-0.1, -0.05) is 42.1 Å². The van der Waals surface area contributed by atoms with Gasteiger partial charge in [0.15, 0.2) is 6.61 Å². The van der Waals surface area contributed by atoms with Crippen LogP contribution >= 0.6 is 11.8 Å². The van der Waals surface area contributed by atoms with Crippen LogP contribution in [0.25, 0.3) is 0 Å². The lowest BCUT2D eigenvalue weighted by Gasteiger charge is -2.31. The second-order valence-corrected chi connectivity index (χ2v) is 8.79. The first kappa shape index (κ1) is 22.8. The van der Waals surface area contributed by atoms with E-state index in [0.717, 1.165) is 17.0 Å². The highest BCUT2D eigenvalue weighted by atomic mass is 32.2. The van der Waals surface area contributed by atoms with Gasteiger partial charge in [-0.15, -0.1) is 10.2 Å². The van der Waals surface area contributed by atoms with Crippen molar-refractivity contribution in [2.45, 2.75) is 31.6 Å². The van der Waals surface area contributed by atoms with E-state index in [1.54, 1.807) is 4.90 Å². The Kier molecular flexibility index (Phi) is 7.62. The van der Waals surface area contributed by atoms with E-state index in [4.69, 9.17) is 9.15 Å². The number of piperidine rings is 1. The smallest absolute Gasteiger partial charge is 0.277 e. The average Bonchev–Trinajstić information content (AvgIpc) is 3.30. The third kappa shape index (κ3) is 6.58. The van der Waals surface area contributed by atoms with E-state index >= 15 is 0 Å². The van der Waals surface area contributed by atoms with Gasteiger partial charge in [0, 0.05) is 24.7 Å². The summed E-state index contributed by atoms with van der Waals surface area (Å²) >= 11 is 1.21. The molecule has 0 aliphatic carbocycles. The summed E-state index contributed by atoms with van der Waals surface area (Å²) in [6.07, 6.45) is 1.30. The molecule has 2 amide bonds. The number of rotatable bonds is 8. The predicted molar refractivity (Wildman–Crippen MR) is 125 cm³/mol. The van der Waals surface area contributed by atoms with Gasteiger partial charge in [-0.05, 0) is 49.6 Å². The van der Waals surface area contributed by atoms with Crippen molar-refractivity contribution in [3.05, 3.63) is 66.1 Å². The fourth-order valence-corrected chi connectivity index (χ4v) is 4.26. The monoisotopic (exact) mass is 466 g/mol. The summed E-state index contributed by atoms with van der Waals surface area (Å²) in [6, 6.07) is 17.1. The largest absolute Gasteiger partial charge is 0.484 e. The summed E-state index contributed by atoms with van der Waals surface area (Å²) in [5, 5.41) is 11.2. The lowest BCUT2D eigenvalue weighted by molar-refractivity contribution is -0.132. The fourth-order valence-electron chi connectivity index (χ4n) is 3.58. The molecule has 8 nitrogen and oxygen atoms in total. The van der Waals surface area contributed by atoms with Crippen molar-refractivity contribution in [2.24, 2.45) is 5.92 Å². The number of aryl methyl sites for hydroxylation is 1. The van der Waals surface area contributed by atoms with Crippen LogP contribution < -0.4 is 10.1 Å². The van der Waals surface area contributed by atoms with Gasteiger partial charge < -0.3 is 19.4 Å². The number of hydrogen-bond acceptors (Lipinski definition) is 7. The molecular formula is C24H26N4O4S. The van der Waals surface area contributed by atoms with Crippen LogP contribution in [0.1, 0.15) is 24.3 Å². The molecule has 0 spiro atoms. The molecule has 3 aromatic rings. The second-order valence-electron chi connectivity index (χ2n) is 7.87. The van der Waals surface area contributed by atoms with Crippen LogP contribution in [0.2, 0.25) is 0 Å². The number of benzene rings is 2.